The van der Waals surface area contributed by atoms with Crippen molar-refractivity contribution in [2.75, 3.05) is 7.11 Å². The SMILES string of the molecule is COC(=O)C1Cc2c([nH]c3ccccc23)C2(CCC(C(C)(C)C)CC2)N1. The van der Waals surface area contributed by atoms with E-state index in [2.05, 4.69) is 55.3 Å². The Morgan fingerprint density at radius 3 is 2.54 bits per heavy atom. The van der Waals surface area contributed by atoms with Gasteiger partial charge in [0.1, 0.15) is 6.04 Å². The number of hydrogen-bond donors (Lipinski definition) is 2. The molecule has 1 aromatic heterocycles. The Bertz CT molecular complexity index is 822. The molecule has 1 saturated carbocycles. The van der Waals surface area contributed by atoms with E-state index in [1.807, 2.05) is 0 Å². The standard InChI is InChI=1S/C22H30N2O2/c1-21(2,3)14-9-11-22(12-10-14)19-16(13-18(24-22)20(25)26-4)15-7-5-6-8-17(15)23-19/h5-8,14,18,23-24H,9-13H2,1-4H3. The van der Waals surface area contributed by atoms with E-state index in [1.165, 1.54) is 42.1 Å². The zero-order chi connectivity index (χ0) is 18.5. The van der Waals surface area contributed by atoms with Crippen LogP contribution in [0.4, 0.5) is 0 Å². The monoisotopic (exact) mass is 354 g/mol. The molecule has 1 fully saturated rings. The summed E-state index contributed by atoms with van der Waals surface area (Å²) in [5.41, 5.74) is 3.95. The number of para-hydroxylation sites is 1. The number of esters is 1. The van der Waals surface area contributed by atoms with E-state index in [4.69, 9.17) is 4.74 Å². The van der Waals surface area contributed by atoms with Gasteiger partial charge in [0.05, 0.1) is 12.6 Å². The summed E-state index contributed by atoms with van der Waals surface area (Å²) >= 11 is 0. The van der Waals surface area contributed by atoms with Crippen molar-refractivity contribution in [1.82, 2.24) is 10.3 Å². The van der Waals surface area contributed by atoms with Gasteiger partial charge in [0, 0.05) is 23.0 Å². The number of aromatic amines is 1. The van der Waals surface area contributed by atoms with E-state index >= 15 is 0 Å². The second kappa shape index (κ2) is 6.12. The maximum absolute atomic E-state index is 12.4. The molecule has 0 saturated heterocycles. The van der Waals surface area contributed by atoms with Gasteiger partial charge in [-0.05, 0) is 48.6 Å². The van der Waals surface area contributed by atoms with E-state index in [1.54, 1.807) is 0 Å². The maximum atomic E-state index is 12.4. The van der Waals surface area contributed by atoms with Gasteiger partial charge in [-0.1, -0.05) is 39.0 Å². The highest BCUT2D eigenvalue weighted by Gasteiger charge is 2.47. The summed E-state index contributed by atoms with van der Waals surface area (Å²) in [4.78, 5) is 16.1. The number of hydrogen-bond acceptors (Lipinski definition) is 3. The molecule has 1 aromatic carbocycles. The molecule has 2 heterocycles. The largest absolute Gasteiger partial charge is 0.468 e. The predicted molar refractivity (Wildman–Crippen MR) is 104 cm³/mol. The quantitative estimate of drug-likeness (QED) is 0.751. The van der Waals surface area contributed by atoms with Crippen molar-refractivity contribution >= 4 is 16.9 Å². The zero-order valence-electron chi connectivity index (χ0n) is 16.3. The Kier molecular flexibility index (Phi) is 4.14. The lowest BCUT2D eigenvalue weighted by atomic mass is 9.65. The number of carbonyl (C=O) groups excluding carboxylic acids is 1. The predicted octanol–water partition coefficient (Wildman–Crippen LogP) is 4.29. The van der Waals surface area contributed by atoms with Crippen LogP contribution in [-0.2, 0) is 21.5 Å². The lowest BCUT2D eigenvalue weighted by Crippen LogP contribution is -2.57. The van der Waals surface area contributed by atoms with Crippen molar-refractivity contribution < 1.29 is 9.53 Å². The Morgan fingerprint density at radius 1 is 1.19 bits per heavy atom. The van der Waals surface area contributed by atoms with E-state index < -0.39 is 0 Å². The summed E-state index contributed by atoms with van der Waals surface area (Å²) in [7, 11) is 1.48. The van der Waals surface area contributed by atoms with Crippen molar-refractivity contribution in [2.24, 2.45) is 11.3 Å². The average molecular weight is 354 g/mol. The number of carbonyl (C=O) groups is 1. The van der Waals surface area contributed by atoms with Crippen LogP contribution >= 0.6 is 0 Å². The van der Waals surface area contributed by atoms with Gasteiger partial charge in [-0.15, -0.1) is 0 Å². The fraction of sp³-hybridized carbons (Fsp3) is 0.591. The van der Waals surface area contributed by atoms with Crippen molar-refractivity contribution in [3.63, 3.8) is 0 Å². The van der Waals surface area contributed by atoms with E-state index in [0.717, 1.165) is 18.8 Å². The highest BCUT2D eigenvalue weighted by Crippen LogP contribution is 2.48. The number of fused-ring (bicyclic) bond motifs is 4. The summed E-state index contributed by atoms with van der Waals surface area (Å²) in [5, 5.41) is 4.95. The molecule has 1 atom stereocenters. The number of aromatic nitrogens is 1. The van der Waals surface area contributed by atoms with Gasteiger partial charge in [0.15, 0.2) is 0 Å². The first-order chi connectivity index (χ1) is 12.3. The third-order valence-corrected chi connectivity index (χ3v) is 6.70. The first-order valence-electron chi connectivity index (χ1n) is 9.80. The lowest BCUT2D eigenvalue weighted by molar-refractivity contribution is -0.144. The Hall–Kier alpha value is -1.81. The Morgan fingerprint density at radius 2 is 1.88 bits per heavy atom. The normalized spacial score (nSPS) is 28.9. The summed E-state index contributed by atoms with van der Waals surface area (Å²) in [6.45, 7) is 7.03. The van der Waals surface area contributed by atoms with Crippen LogP contribution < -0.4 is 5.32 Å². The van der Waals surface area contributed by atoms with Crippen LogP contribution in [0.5, 0.6) is 0 Å². The number of methoxy groups -OCH3 is 1. The molecular formula is C22H30N2O2. The van der Waals surface area contributed by atoms with E-state index in [9.17, 15) is 4.79 Å². The fourth-order valence-electron chi connectivity index (χ4n) is 5.14. The van der Waals surface area contributed by atoms with Crippen LogP contribution in [0, 0.1) is 11.3 Å². The molecular weight excluding hydrogens is 324 g/mol. The molecule has 0 radical (unpaired) electrons. The average Bonchev–Trinajstić information content (AvgIpc) is 3.00. The minimum atomic E-state index is -0.266. The molecule has 4 rings (SSSR count). The molecule has 2 aliphatic rings. The molecule has 26 heavy (non-hydrogen) atoms. The Labute approximate surface area is 155 Å². The fourth-order valence-corrected chi connectivity index (χ4v) is 5.14. The number of rotatable bonds is 1. The topological polar surface area (TPSA) is 54.1 Å². The molecule has 2 aromatic rings. The molecule has 2 N–H and O–H groups in total. The highest BCUT2D eigenvalue weighted by molar-refractivity contribution is 5.87. The first-order valence-corrected chi connectivity index (χ1v) is 9.80. The van der Waals surface area contributed by atoms with Crippen LogP contribution in [0.15, 0.2) is 24.3 Å². The van der Waals surface area contributed by atoms with Crippen LogP contribution in [0.2, 0.25) is 0 Å². The second-order valence-corrected chi connectivity index (χ2v) is 9.17. The molecule has 0 bridgehead atoms. The second-order valence-electron chi connectivity index (χ2n) is 9.17. The van der Waals surface area contributed by atoms with Gasteiger partial charge in [-0.3, -0.25) is 10.1 Å². The molecule has 1 aliphatic carbocycles. The summed E-state index contributed by atoms with van der Waals surface area (Å²) in [5.74, 6) is 0.569. The van der Waals surface area contributed by atoms with Crippen LogP contribution in [0.25, 0.3) is 10.9 Å². The molecule has 4 heteroatoms. The van der Waals surface area contributed by atoms with E-state index in [0.29, 0.717) is 11.8 Å². The third-order valence-electron chi connectivity index (χ3n) is 6.70. The Balaban J connectivity index is 1.76. The molecule has 1 spiro atoms. The number of ether oxygens (including phenoxy) is 1. The van der Waals surface area contributed by atoms with Crippen LogP contribution in [0.1, 0.15) is 57.7 Å². The minimum absolute atomic E-state index is 0.146. The van der Waals surface area contributed by atoms with Crippen LogP contribution in [0.3, 0.4) is 0 Å². The van der Waals surface area contributed by atoms with Gasteiger partial charge >= 0.3 is 5.97 Å². The minimum Gasteiger partial charge on any atom is -0.468 e. The highest BCUT2D eigenvalue weighted by atomic mass is 16.5. The summed E-state index contributed by atoms with van der Waals surface area (Å²) < 4.78 is 5.09. The van der Waals surface area contributed by atoms with Crippen LogP contribution in [-0.4, -0.2) is 24.1 Å². The summed E-state index contributed by atoms with van der Waals surface area (Å²) in [6, 6.07) is 8.18. The molecule has 1 aliphatic heterocycles. The van der Waals surface area contributed by atoms with Crippen molar-refractivity contribution in [3.8, 4) is 0 Å². The number of benzene rings is 1. The zero-order valence-corrected chi connectivity index (χ0v) is 16.3. The smallest absolute Gasteiger partial charge is 0.323 e. The van der Waals surface area contributed by atoms with Crippen molar-refractivity contribution in [3.05, 3.63) is 35.5 Å². The maximum Gasteiger partial charge on any atom is 0.323 e. The molecule has 140 valence electrons. The van der Waals surface area contributed by atoms with Gasteiger partial charge < -0.3 is 9.72 Å². The molecule has 0 amide bonds. The third kappa shape index (κ3) is 2.75. The van der Waals surface area contributed by atoms with Crippen molar-refractivity contribution in [2.45, 2.75) is 64.5 Å². The van der Waals surface area contributed by atoms with Gasteiger partial charge in [0.25, 0.3) is 0 Å². The van der Waals surface area contributed by atoms with E-state index in [-0.39, 0.29) is 17.6 Å². The first kappa shape index (κ1) is 17.6. The number of H-pyrrole nitrogens is 1. The van der Waals surface area contributed by atoms with Crippen molar-refractivity contribution in [1.29, 1.82) is 0 Å². The van der Waals surface area contributed by atoms with Gasteiger partial charge in [0.2, 0.25) is 0 Å². The summed E-state index contributed by atoms with van der Waals surface area (Å²) in [6.07, 6.45) is 5.17. The lowest BCUT2D eigenvalue weighted by Gasteiger charge is -2.48. The van der Waals surface area contributed by atoms with Gasteiger partial charge in [-0.2, -0.15) is 0 Å². The molecule has 4 nitrogen and oxygen atoms in total. The molecule has 1 unspecified atom stereocenters. The number of nitrogens with one attached hydrogen (secondary N) is 2. The van der Waals surface area contributed by atoms with Gasteiger partial charge in [-0.25, -0.2) is 0 Å².